The summed E-state index contributed by atoms with van der Waals surface area (Å²) in [5.41, 5.74) is 1.34. The Morgan fingerprint density at radius 3 is 2.50 bits per heavy atom. The van der Waals surface area contributed by atoms with Gasteiger partial charge in [-0.05, 0) is 48.2 Å². The number of benzene rings is 2. The molecule has 0 radical (unpaired) electrons. The maximum Gasteiger partial charge on any atom is 0.416 e. The molecule has 128 valence electrons. The highest BCUT2D eigenvalue weighted by Crippen LogP contribution is 2.31. The number of alkyl halides is 3. The first kappa shape index (κ1) is 18.0. The van der Waals surface area contributed by atoms with Crippen molar-refractivity contribution in [1.29, 1.82) is 0 Å². The summed E-state index contributed by atoms with van der Waals surface area (Å²) in [5.74, 6) is -0.380. The van der Waals surface area contributed by atoms with Gasteiger partial charge in [-0.15, -0.1) is 0 Å². The standard InChI is InChI=1S/C18H18F3NO2/c1-12-6-7-14(10-15(12)11-23)17(24)22-9-8-13-4-2-3-5-16(13)18(19,20)21/h2-7,10,23H,8-9,11H2,1H3,(H,22,24). The molecule has 0 atom stereocenters. The van der Waals surface area contributed by atoms with Gasteiger partial charge in [-0.1, -0.05) is 24.3 Å². The summed E-state index contributed by atoms with van der Waals surface area (Å²) in [5, 5.41) is 11.8. The number of rotatable bonds is 5. The van der Waals surface area contributed by atoms with Crippen LogP contribution >= 0.6 is 0 Å². The summed E-state index contributed by atoms with van der Waals surface area (Å²) in [7, 11) is 0. The lowest BCUT2D eigenvalue weighted by atomic mass is 10.0. The normalized spacial score (nSPS) is 11.4. The molecule has 0 saturated carbocycles. The van der Waals surface area contributed by atoms with Crippen LogP contribution < -0.4 is 5.32 Å². The molecule has 0 saturated heterocycles. The van der Waals surface area contributed by atoms with Gasteiger partial charge in [0.25, 0.3) is 5.91 Å². The van der Waals surface area contributed by atoms with Crippen LogP contribution in [0, 0.1) is 6.92 Å². The van der Waals surface area contributed by atoms with E-state index in [2.05, 4.69) is 5.32 Å². The SMILES string of the molecule is Cc1ccc(C(=O)NCCc2ccccc2C(F)(F)F)cc1CO. The van der Waals surface area contributed by atoms with E-state index in [1.807, 2.05) is 6.92 Å². The smallest absolute Gasteiger partial charge is 0.392 e. The third-order valence-corrected chi connectivity index (χ3v) is 3.78. The molecule has 0 aromatic heterocycles. The van der Waals surface area contributed by atoms with Crippen LogP contribution in [0.2, 0.25) is 0 Å². The van der Waals surface area contributed by atoms with E-state index in [-0.39, 0.29) is 31.0 Å². The van der Waals surface area contributed by atoms with E-state index < -0.39 is 11.7 Å². The van der Waals surface area contributed by atoms with Crippen LogP contribution in [0.1, 0.15) is 32.6 Å². The highest BCUT2D eigenvalue weighted by molar-refractivity contribution is 5.94. The Bertz CT molecular complexity index is 726. The first-order valence-electron chi connectivity index (χ1n) is 7.46. The van der Waals surface area contributed by atoms with Crippen LogP contribution in [0.4, 0.5) is 13.2 Å². The molecule has 0 heterocycles. The predicted octanol–water partition coefficient (Wildman–Crippen LogP) is 3.48. The van der Waals surface area contributed by atoms with E-state index in [0.717, 1.165) is 11.6 Å². The van der Waals surface area contributed by atoms with Crippen molar-refractivity contribution < 1.29 is 23.1 Å². The summed E-state index contributed by atoms with van der Waals surface area (Å²) < 4.78 is 38.7. The number of hydrogen-bond acceptors (Lipinski definition) is 2. The Hall–Kier alpha value is -2.34. The molecule has 2 aromatic rings. The molecule has 0 aliphatic rings. The minimum absolute atomic E-state index is 0.0835. The third-order valence-electron chi connectivity index (χ3n) is 3.78. The zero-order chi connectivity index (χ0) is 17.7. The zero-order valence-electron chi connectivity index (χ0n) is 13.2. The molecule has 6 heteroatoms. The second-order valence-corrected chi connectivity index (χ2v) is 5.46. The van der Waals surface area contributed by atoms with E-state index in [1.165, 1.54) is 12.1 Å². The molecule has 2 aromatic carbocycles. The number of aliphatic hydroxyl groups excluding tert-OH is 1. The van der Waals surface area contributed by atoms with Crippen LogP contribution in [0.5, 0.6) is 0 Å². The summed E-state index contributed by atoms with van der Waals surface area (Å²) in [6.07, 6.45) is -4.33. The van der Waals surface area contributed by atoms with Gasteiger partial charge >= 0.3 is 6.18 Å². The van der Waals surface area contributed by atoms with Crippen molar-refractivity contribution in [3.05, 3.63) is 70.3 Å². The van der Waals surface area contributed by atoms with Crippen LogP contribution in [0.15, 0.2) is 42.5 Å². The molecular weight excluding hydrogens is 319 g/mol. The fraction of sp³-hybridized carbons (Fsp3) is 0.278. The average Bonchev–Trinajstić information content (AvgIpc) is 2.54. The van der Waals surface area contributed by atoms with E-state index in [9.17, 15) is 23.1 Å². The lowest BCUT2D eigenvalue weighted by molar-refractivity contribution is -0.138. The van der Waals surface area contributed by atoms with Crippen LogP contribution in [-0.4, -0.2) is 17.6 Å². The number of halogens is 3. The molecule has 24 heavy (non-hydrogen) atoms. The maximum absolute atomic E-state index is 12.9. The summed E-state index contributed by atoms with van der Waals surface area (Å²) >= 11 is 0. The lowest BCUT2D eigenvalue weighted by Gasteiger charge is -2.13. The van der Waals surface area contributed by atoms with Gasteiger partial charge in [-0.3, -0.25) is 4.79 Å². The first-order chi connectivity index (χ1) is 11.3. The minimum atomic E-state index is -4.41. The largest absolute Gasteiger partial charge is 0.416 e. The van der Waals surface area contributed by atoms with Crippen molar-refractivity contribution in [2.75, 3.05) is 6.54 Å². The monoisotopic (exact) mass is 337 g/mol. The van der Waals surface area contributed by atoms with Crippen molar-refractivity contribution in [1.82, 2.24) is 5.32 Å². The van der Waals surface area contributed by atoms with Gasteiger partial charge in [0.15, 0.2) is 0 Å². The highest BCUT2D eigenvalue weighted by Gasteiger charge is 2.32. The Balaban J connectivity index is 2.01. The highest BCUT2D eigenvalue weighted by atomic mass is 19.4. The number of nitrogens with one attached hydrogen (secondary N) is 1. The molecule has 2 N–H and O–H groups in total. The van der Waals surface area contributed by atoms with Gasteiger partial charge < -0.3 is 10.4 Å². The van der Waals surface area contributed by atoms with Gasteiger partial charge in [0, 0.05) is 12.1 Å². The first-order valence-corrected chi connectivity index (χ1v) is 7.46. The molecule has 0 aliphatic heterocycles. The van der Waals surface area contributed by atoms with Gasteiger partial charge in [0.05, 0.1) is 12.2 Å². The van der Waals surface area contributed by atoms with Crippen LogP contribution in [0.3, 0.4) is 0 Å². The Morgan fingerprint density at radius 2 is 1.83 bits per heavy atom. The fourth-order valence-electron chi connectivity index (χ4n) is 2.41. The third kappa shape index (κ3) is 4.35. The summed E-state index contributed by atoms with van der Waals surface area (Å²) in [6.45, 7) is 1.74. The number of aryl methyl sites for hydroxylation is 1. The van der Waals surface area contributed by atoms with E-state index >= 15 is 0 Å². The lowest BCUT2D eigenvalue weighted by Crippen LogP contribution is -2.26. The molecule has 0 aliphatic carbocycles. The van der Waals surface area contributed by atoms with Gasteiger partial charge in [-0.2, -0.15) is 13.2 Å². The second-order valence-electron chi connectivity index (χ2n) is 5.46. The van der Waals surface area contributed by atoms with Crippen molar-refractivity contribution in [3.63, 3.8) is 0 Å². The van der Waals surface area contributed by atoms with Crippen LogP contribution in [0.25, 0.3) is 0 Å². The summed E-state index contributed by atoms with van der Waals surface area (Å²) in [4.78, 5) is 12.1. The molecule has 0 bridgehead atoms. The summed E-state index contributed by atoms with van der Waals surface area (Å²) in [6, 6.07) is 10.2. The minimum Gasteiger partial charge on any atom is -0.392 e. The number of hydrogen-bond donors (Lipinski definition) is 2. The number of amides is 1. The van der Waals surface area contributed by atoms with Crippen molar-refractivity contribution in [3.8, 4) is 0 Å². The Labute approximate surface area is 138 Å². The van der Waals surface area contributed by atoms with Crippen molar-refractivity contribution >= 4 is 5.91 Å². The van der Waals surface area contributed by atoms with Crippen LogP contribution in [-0.2, 0) is 19.2 Å². The number of aliphatic hydroxyl groups is 1. The van der Waals surface area contributed by atoms with Gasteiger partial charge in [0.1, 0.15) is 0 Å². The van der Waals surface area contributed by atoms with Crippen molar-refractivity contribution in [2.24, 2.45) is 0 Å². The molecule has 0 spiro atoms. The van der Waals surface area contributed by atoms with E-state index in [4.69, 9.17) is 0 Å². The zero-order valence-corrected chi connectivity index (χ0v) is 13.2. The molecule has 3 nitrogen and oxygen atoms in total. The van der Waals surface area contributed by atoms with Gasteiger partial charge in [-0.25, -0.2) is 0 Å². The molecule has 1 amide bonds. The topological polar surface area (TPSA) is 49.3 Å². The van der Waals surface area contributed by atoms with Crippen molar-refractivity contribution in [2.45, 2.75) is 26.1 Å². The predicted molar refractivity (Wildman–Crippen MR) is 84.6 cm³/mol. The second kappa shape index (κ2) is 7.49. The van der Waals surface area contributed by atoms with Gasteiger partial charge in [0.2, 0.25) is 0 Å². The Morgan fingerprint density at radius 1 is 1.12 bits per heavy atom. The molecule has 2 rings (SSSR count). The average molecular weight is 337 g/mol. The fourth-order valence-corrected chi connectivity index (χ4v) is 2.41. The van der Waals surface area contributed by atoms with E-state index in [0.29, 0.717) is 11.1 Å². The number of carbonyl (C=O) groups is 1. The van der Waals surface area contributed by atoms with E-state index in [1.54, 1.807) is 24.3 Å². The Kier molecular flexibility index (Phi) is 5.62. The quantitative estimate of drug-likeness (QED) is 0.878. The molecule has 0 fully saturated rings. The molecular formula is C18H18F3NO2. The maximum atomic E-state index is 12.9. The molecule has 0 unspecified atom stereocenters. The number of carbonyl (C=O) groups excluding carboxylic acids is 1.